The topological polar surface area (TPSA) is 103 Å². The summed E-state index contributed by atoms with van der Waals surface area (Å²) in [6.45, 7) is 11.7. The third kappa shape index (κ3) is 5.74. The van der Waals surface area contributed by atoms with E-state index in [0.29, 0.717) is 18.6 Å². The van der Waals surface area contributed by atoms with E-state index in [-0.39, 0.29) is 17.3 Å². The Hall–Kier alpha value is -3.10. The Morgan fingerprint density at radius 3 is 2.77 bits per heavy atom. The lowest BCUT2D eigenvalue weighted by atomic mass is 10.1. The molecule has 2 aromatic rings. The number of nitro benzene ring substituents is 1. The van der Waals surface area contributed by atoms with Gasteiger partial charge in [-0.15, -0.1) is 0 Å². The molecule has 0 spiro atoms. The van der Waals surface area contributed by atoms with E-state index in [1.165, 1.54) is 17.7 Å². The number of rotatable bonds is 5. The summed E-state index contributed by atoms with van der Waals surface area (Å²) >= 11 is 0. The number of allylic oxidation sites excluding steroid dienone is 2. The molecule has 1 saturated heterocycles. The molecule has 31 heavy (non-hydrogen) atoms. The normalized spacial score (nSPS) is 16.8. The second-order valence-electron chi connectivity index (χ2n) is 9.22. The van der Waals surface area contributed by atoms with Crippen LogP contribution in [0.2, 0.25) is 0 Å². The summed E-state index contributed by atoms with van der Waals surface area (Å²) in [5.41, 5.74) is 2.25. The van der Waals surface area contributed by atoms with Crippen LogP contribution in [0.25, 0.3) is 11.0 Å². The molecule has 0 saturated carbocycles. The number of non-ortho nitro benzene ring substituents is 1. The summed E-state index contributed by atoms with van der Waals surface area (Å²) in [5.74, 6) is 0.734. The van der Waals surface area contributed by atoms with Gasteiger partial charge in [-0.3, -0.25) is 10.1 Å². The molecule has 9 heteroatoms. The van der Waals surface area contributed by atoms with E-state index in [1.54, 1.807) is 6.07 Å². The third-order valence-electron chi connectivity index (χ3n) is 5.02. The Kier molecular flexibility index (Phi) is 6.52. The Labute approximate surface area is 182 Å². The van der Waals surface area contributed by atoms with Crippen LogP contribution in [0.4, 0.5) is 16.4 Å². The zero-order valence-electron chi connectivity index (χ0n) is 18.8. The number of anilines is 1. The lowest BCUT2D eigenvalue weighted by Gasteiger charge is -2.34. The van der Waals surface area contributed by atoms with Gasteiger partial charge in [0, 0.05) is 30.8 Å². The number of imidazole rings is 1. The van der Waals surface area contributed by atoms with Crippen LogP contribution in [0.15, 0.2) is 29.8 Å². The van der Waals surface area contributed by atoms with E-state index >= 15 is 0 Å². The standard InChI is InChI=1S/C22H31N5O4/c1-15(2)10-12-26-19-9-8-16(27(29)30)13-18(19)23-20(26)25-11-6-7-17(14-25)31-21(28)24-22(3,4)5/h8-10,13,17H,6-7,11-12,14H2,1-5H3,(H,24,28). The SMILES string of the molecule is CC(C)=CCn1c(N2CCCC(OC(=O)NC(C)(C)C)C2)nc2cc([N+](=O)[O-])ccc21. The number of piperidine rings is 1. The first-order valence-corrected chi connectivity index (χ1v) is 10.6. The number of ether oxygens (including phenoxy) is 1. The summed E-state index contributed by atoms with van der Waals surface area (Å²) in [6, 6.07) is 4.76. The van der Waals surface area contributed by atoms with Crippen LogP contribution < -0.4 is 10.2 Å². The summed E-state index contributed by atoms with van der Waals surface area (Å²) in [5, 5.41) is 14.0. The van der Waals surface area contributed by atoms with Crippen molar-refractivity contribution in [3.63, 3.8) is 0 Å². The minimum atomic E-state index is -0.423. The van der Waals surface area contributed by atoms with Crippen molar-refractivity contribution >= 4 is 28.8 Å². The first-order valence-electron chi connectivity index (χ1n) is 10.6. The van der Waals surface area contributed by atoms with Gasteiger partial charge in [-0.05, 0) is 53.5 Å². The molecule has 1 aliphatic rings. The van der Waals surface area contributed by atoms with Crippen LogP contribution in [-0.4, -0.2) is 45.3 Å². The number of nitrogens with zero attached hydrogens (tertiary/aromatic N) is 4. The molecule has 1 atom stereocenters. The average Bonchev–Trinajstić information content (AvgIpc) is 3.02. The molecule has 168 valence electrons. The highest BCUT2D eigenvalue weighted by atomic mass is 16.6. The quantitative estimate of drug-likeness (QED) is 0.429. The summed E-state index contributed by atoms with van der Waals surface area (Å²) in [7, 11) is 0. The number of fused-ring (bicyclic) bond motifs is 1. The number of hydrogen-bond donors (Lipinski definition) is 1. The Morgan fingerprint density at radius 1 is 1.39 bits per heavy atom. The van der Waals surface area contributed by atoms with Crippen LogP contribution in [0.1, 0.15) is 47.5 Å². The van der Waals surface area contributed by atoms with Gasteiger partial charge in [-0.2, -0.15) is 0 Å². The molecule has 2 heterocycles. The number of carbonyl (C=O) groups is 1. The predicted octanol–water partition coefficient (Wildman–Crippen LogP) is 4.40. The fraction of sp³-hybridized carbons (Fsp3) is 0.545. The molecule has 1 unspecified atom stereocenters. The van der Waals surface area contributed by atoms with Gasteiger partial charge in [0.25, 0.3) is 5.69 Å². The van der Waals surface area contributed by atoms with Crippen molar-refractivity contribution < 1.29 is 14.5 Å². The number of nitro groups is 1. The molecule has 0 radical (unpaired) electrons. The van der Waals surface area contributed by atoms with E-state index in [1.807, 2.05) is 34.6 Å². The van der Waals surface area contributed by atoms with Crippen molar-refractivity contribution in [1.82, 2.24) is 14.9 Å². The minimum absolute atomic E-state index is 0.0182. The average molecular weight is 430 g/mol. The number of amides is 1. The van der Waals surface area contributed by atoms with Gasteiger partial charge in [0.15, 0.2) is 0 Å². The first-order chi connectivity index (χ1) is 14.5. The molecule has 1 aromatic carbocycles. The maximum atomic E-state index is 12.2. The number of hydrogen-bond acceptors (Lipinski definition) is 6. The lowest BCUT2D eigenvalue weighted by molar-refractivity contribution is -0.384. The molecular formula is C22H31N5O4. The van der Waals surface area contributed by atoms with E-state index in [9.17, 15) is 14.9 Å². The second-order valence-corrected chi connectivity index (χ2v) is 9.22. The monoisotopic (exact) mass is 429 g/mol. The van der Waals surface area contributed by atoms with Crippen molar-refractivity contribution in [2.45, 2.75) is 65.6 Å². The summed E-state index contributed by atoms with van der Waals surface area (Å²) in [4.78, 5) is 29.8. The maximum Gasteiger partial charge on any atom is 0.407 e. The highest BCUT2D eigenvalue weighted by molar-refractivity contribution is 5.81. The zero-order valence-corrected chi connectivity index (χ0v) is 18.8. The smallest absolute Gasteiger partial charge is 0.407 e. The highest BCUT2D eigenvalue weighted by Gasteiger charge is 2.28. The Balaban J connectivity index is 1.88. The fourth-order valence-corrected chi connectivity index (χ4v) is 3.62. The van der Waals surface area contributed by atoms with Crippen LogP contribution in [-0.2, 0) is 11.3 Å². The summed E-state index contributed by atoms with van der Waals surface area (Å²) < 4.78 is 7.71. The van der Waals surface area contributed by atoms with Gasteiger partial charge in [0.1, 0.15) is 6.10 Å². The van der Waals surface area contributed by atoms with Gasteiger partial charge in [0.2, 0.25) is 5.95 Å². The van der Waals surface area contributed by atoms with Crippen LogP contribution in [0.5, 0.6) is 0 Å². The van der Waals surface area contributed by atoms with Gasteiger partial charge >= 0.3 is 6.09 Å². The first kappa shape index (κ1) is 22.6. The molecule has 1 N–H and O–H groups in total. The molecule has 3 rings (SSSR count). The van der Waals surface area contributed by atoms with E-state index < -0.39 is 11.0 Å². The number of alkyl carbamates (subject to hydrolysis) is 1. The van der Waals surface area contributed by atoms with Gasteiger partial charge in [-0.25, -0.2) is 9.78 Å². The number of benzene rings is 1. The number of aromatic nitrogens is 2. The maximum absolute atomic E-state index is 12.2. The molecule has 0 aliphatic carbocycles. The largest absolute Gasteiger partial charge is 0.444 e. The van der Waals surface area contributed by atoms with Crippen LogP contribution in [0.3, 0.4) is 0 Å². The molecule has 1 aliphatic heterocycles. The Morgan fingerprint density at radius 2 is 2.13 bits per heavy atom. The van der Waals surface area contributed by atoms with E-state index in [0.717, 1.165) is 30.9 Å². The van der Waals surface area contributed by atoms with Crippen molar-refractivity contribution in [1.29, 1.82) is 0 Å². The van der Waals surface area contributed by atoms with E-state index in [4.69, 9.17) is 9.72 Å². The predicted molar refractivity (Wildman–Crippen MR) is 120 cm³/mol. The van der Waals surface area contributed by atoms with Gasteiger partial charge < -0.3 is 19.5 Å². The van der Waals surface area contributed by atoms with Gasteiger partial charge in [-0.1, -0.05) is 11.6 Å². The van der Waals surface area contributed by atoms with Crippen molar-refractivity contribution in [2.24, 2.45) is 0 Å². The molecule has 9 nitrogen and oxygen atoms in total. The molecular weight excluding hydrogens is 398 g/mol. The second kappa shape index (κ2) is 8.95. The van der Waals surface area contributed by atoms with Crippen LogP contribution >= 0.6 is 0 Å². The fourth-order valence-electron chi connectivity index (χ4n) is 3.62. The molecule has 1 fully saturated rings. The van der Waals surface area contributed by atoms with E-state index in [2.05, 4.69) is 20.9 Å². The lowest BCUT2D eigenvalue weighted by Crippen LogP contribution is -2.46. The molecule has 1 aromatic heterocycles. The Bertz CT molecular complexity index is 1000. The van der Waals surface area contributed by atoms with Gasteiger partial charge in [0.05, 0.1) is 22.5 Å². The highest BCUT2D eigenvalue weighted by Crippen LogP contribution is 2.28. The van der Waals surface area contributed by atoms with Crippen molar-refractivity contribution in [2.75, 3.05) is 18.0 Å². The number of carbonyl (C=O) groups excluding carboxylic acids is 1. The summed E-state index contributed by atoms with van der Waals surface area (Å²) in [6.07, 6.45) is 3.07. The number of nitrogens with one attached hydrogen (secondary N) is 1. The van der Waals surface area contributed by atoms with Crippen molar-refractivity contribution in [3.8, 4) is 0 Å². The minimum Gasteiger partial charge on any atom is -0.444 e. The molecule has 1 amide bonds. The third-order valence-corrected chi connectivity index (χ3v) is 5.02. The molecule has 0 bridgehead atoms. The zero-order chi connectivity index (χ0) is 22.8. The van der Waals surface area contributed by atoms with Crippen molar-refractivity contribution in [3.05, 3.63) is 40.0 Å². The van der Waals surface area contributed by atoms with Crippen LogP contribution in [0, 0.1) is 10.1 Å².